The number of hydrogen-bond acceptors (Lipinski definition) is 3. The van der Waals surface area contributed by atoms with Crippen LogP contribution in [-0.2, 0) is 6.42 Å². The Morgan fingerprint density at radius 2 is 2.18 bits per heavy atom. The van der Waals surface area contributed by atoms with Crippen molar-refractivity contribution < 1.29 is 4.74 Å². The molecule has 3 heteroatoms. The third-order valence-corrected chi connectivity index (χ3v) is 3.30. The number of rotatable bonds is 6. The minimum Gasteiger partial charge on any atom is -0.497 e. The maximum Gasteiger partial charge on any atom is 0.118 e. The van der Waals surface area contributed by atoms with E-state index in [0.717, 1.165) is 25.3 Å². The van der Waals surface area contributed by atoms with Gasteiger partial charge in [0.1, 0.15) is 5.75 Å². The van der Waals surface area contributed by atoms with Crippen LogP contribution in [0.25, 0.3) is 0 Å². The van der Waals surface area contributed by atoms with E-state index in [1.54, 1.807) is 7.11 Å². The molecule has 1 aromatic carbocycles. The van der Waals surface area contributed by atoms with E-state index in [-0.39, 0.29) is 0 Å². The molecule has 1 fully saturated rings. The van der Waals surface area contributed by atoms with Gasteiger partial charge in [0.15, 0.2) is 0 Å². The predicted octanol–water partition coefficient (Wildman–Crippen LogP) is 1.58. The molecular weight excluding hydrogens is 212 g/mol. The van der Waals surface area contributed by atoms with Crippen LogP contribution in [0, 0.1) is 0 Å². The molecule has 2 N–H and O–H groups in total. The van der Waals surface area contributed by atoms with E-state index in [9.17, 15) is 0 Å². The van der Waals surface area contributed by atoms with Gasteiger partial charge in [-0.3, -0.25) is 0 Å². The number of nitrogens with one attached hydrogen (secondary N) is 2. The van der Waals surface area contributed by atoms with Crippen molar-refractivity contribution in [2.45, 2.75) is 25.3 Å². The van der Waals surface area contributed by atoms with Gasteiger partial charge in [0.2, 0.25) is 0 Å². The van der Waals surface area contributed by atoms with Crippen LogP contribution in [0.4, 0.5) is 0 Å². The Bertz CT molecular complexity index is 317. The second-order valence-corrected chi connectivity index (χ2v) is 4.60. The molecule has 17 heavy (non-hydrogen) atoms. The summed E-state index contributed by atoms with van der Waals surface area (Å²) < 4.78 is 5.14. The minimum atomic E-state index is 0.686. The van der Waals surface area contributed by atoms with Gasteiger partial charge < -0.3 is 15.4 Å². The molecule has 1 aliphatic heterocycles. The van der Waals surface area contributed by atoms with Crippen molar-refractivity contribution in [1.29, 1.82) is 0 Å². The van der Waals surface area contributed by atoms with E-state index in [1.165, 1.54) is 24.9 Å². The molecule has 1 atom stereocenters. The second kappa shape index (κ2) is 6.62. The molecular formula is C14H22N2O. The van der Waals surface area contributed by atoms with Gasteiger partial charge in [-0.15, -0.1) is 0 Å². The van der Waals surface area contributed by atoms with Crippen LogP contribution in [0.1, 0.15) is 18.4 Å². The van der Waals surface area contributed by atoms with Crippen molar-refractivity contribution >= 4 is 0 Å². The summed E-state index contributed by atoms with van der Waals surface area (Å²) in [6, 6.07) is 9.00. The highest BCUT2D eigenvalue weighted by Crippen LogP contribution is 2.11. The zero-order valence-corrected chi connectivity index (χ0v) is 10.5. The molecule has 1 aromatic rings. The van der Waals surface area contributed by atoms with Gasteiger partial charge in [0.05, 0.1) is 7.11 Å². The summed E-state index contributed by atoms with van der Waals surface area (Å²) in [6.45, 7) is 3.32. The lowest BCUT2D eigenvalue weighted by atomic mass is 10.1. The Labute approximate surface area is 104 Å². The molecule has 0 saturated carbocycles. The summed E-state index contributed by atoms with van der Waals surface area (Å²) in [5.41, 5.74) is 1.36. The van der Waals surface area contributed by atoms with Gasteiger partial charge >= 0.3 is 0 Å². The highest BCUT2D eigenvalue weighted by molar-refractivity contribution is 5.27. The smallest absolute Gasteiger partial charge is 0.118 e. The van der Waals surface area contributed by atoms with Crippen LogP contribution < -0.4 is 15.4 Å². The number of ether oxygens (including phenoxy) is 1. The van der Waals surface area contributed by atoms with Crippen LogP contribution >= 0.6 is 0 Å². The quantitative estimate of drug-likeness (QED) is 0.733. The molecule has 0 spiro atoms. The topological polar surface area (TPSA) is 33.3 Å². The normalized spacial score (nSPS) is 19.5. The molecule has 0 amide bonds. The Kier molecular flexibility index (Phi) is 4.83. The second-order valence-electron chi connectivity index (χ2n) is 4.60. The molecule has 94 valence electrons. The molecule has 0 aromatic heterocycles. The molecule has 3 nitrogen and oxygen atoms in total. The summed E-state index contributed by atoms with van der Waals surface area (Å²) in [5, 5.41) is 7.00. The average Bonchev–Trinajstić information content (AvgIpc) is 2.88. The van der Waals surface area contributed by atoms with E-state index in [4.69, 9.17) is 4.74 Å². The molecule has 1 saturated heterocycles. The Morgan fingerprint density at radius 1 is 1.35 bits per heavy atom. The lowest BCUT2D eigenvalue weighted by molar-refractivity contribution is 0.414. The molecule has 0 bridgehead atoms. The Balaban J connectivity index is 1.63. The maximum absolute atomic E-state index is 5.14. The van der Waals surface area contributed by atoms with Crippen molar-refractivity contribution in [3.63, 3.8) is 0 Å². The zero-order chi connectivity index (χ0) is 11.9. The first-order valence-corrected chi connectivity index (χ1v) is 6.45. The van der Waals surface area contributed by atoms with E-state index in [0.29, 0.717) is 6.04 Å². The number of benzene rings is 1. The standard InChI is InChI=1S/C14H22N2O/c1-17-14-6-4-12(5-7-14)8-10-15-11-13-3-2-9-16-13/h4-7,13,15-16H,2-3,8-11H2,1H3. The summed E-state index contributed by atoms with van der Waals surface area (Å²) >= 11 is 0. The van der Waals surface area contributed by atoms with Crippen LogP contribution in [0.15, 0.2) is 24.3 Å². The fourth-order valence-corrected chi connectivity index (χ4v) is 2.23. The van der Waals surface area contributed by atoms with Gasteiger partial charge in [-0.25, -0.2) is 0 Å². The van der Waals surface area contributed by atoms with Crippen molar-refractivity contribution in [2.24, 2.45) is 0 Å². The first-order valence-electron chi connectivity index (χ1n) is 6.45. The first-order chi connectivity index (χ1) is 8.38. The van der Waals surface area contributed by atoms with E-state index in [2.05, 4.69) is 22.8 Å². The number of methoxy groups -OCH3 is 1. The summed E-state index contributed by atoms with van der Waals surface area (Å²) in [7, 11) is 1.70. The van der Waals surface area contributed by atoms with Crippen molar-refractivity contribution in [1.82, 2.24) is 10.6 Å². The lowest BCUT2D eigenvalue weighted by Crippen LogP contribution is -2.34. The number of hydrogen-bond donors (Lipinski definition) is 2. The van der Waals surface area contributed by atoms with Gasteiger partial charge in [-0.05, 0) is 50.0 Å². The van der Waals surface area contributed by atoms with Crippen LogP contribution in [0.2, 0.25) is 0 Å². The molecule has 0 radical (unpaired) electrons. The first kappa shape index (κ1) is 12.4. The third-order valence-electron chi connectivity index (χ3n) is 3.30. The van der Waals surface area contributed by atoms with Crippen molar-refractivity contribution in [3.05, 3.63) is 29.8 Å². The average molecular weight is 234 g/mol. The predicted molar refractivity (Wildman–Crippen MR) is 70.6 cm³/mol. The van der Waals surface area contributed by atoms with Crippen LogP contribution in [0.5, 0.6) is 5.75 Å². The molecule has 1 unspecified atom stereocenters. The summed E-state index contributed by atoms with van der Waals surface area (Å²) in [5.74, 6) is 0.928. The van der Waals surface area contributed by atoms with E-state index >= 15 is 0 Å². The zero-order valence-electron chi connectivity index (χ0n) is 10.5. The van der Waals surface area contributed by atoms with Crippen LogP contribution in [-0.4, -0.2) is 32.8 Å². The Hall–Kier alpha value is -1.06. The van der Waals surface area contributed by atoms with Gasteiger partial charge in [-0.1, -0.05) is 12.1 Å². The highest BCUT2D eigenvalue weighted by Gasteiger charge is 2.12. The fraction of sp³-hybridized carbons (Fsp3) is 0.571. The molecule has 1 aliphatic rings. The summed E-state index contributed by atoms with van der Waals surface area (Å²) in [4.78, 5) is 0. The van der Waals surface area contributed by atoms with Crippen LogP contribution in [0.3, 0.4) is 0 Å². The van der Waals surface area contributed by atoms with Crippen molar-refractivity contribution in [3.8, 4) is 5.75 Å². The Morgan fingerprint density at radius 3 is 2.82 bits per heavy atom. The monoisotopic (exact) mass is 234 g/mol. The third kappa shape index (κ3) is 4.02. The highest BCUT2D eigenvalue weighted by atomic mass is 16.5. The summed E-state index contributed by atoms with van der Waals surface area (Å²) in [6.07, 6.45) is 3.72. The molecule has 1 heterocycles. The van der Waals surface area contributed by atoms with E-state index in [1.807, 2.05) is 12.1 Å². The molecule has 2 rings (SSSR count). The van der Waals surface area contributed by atoms with Gasteiger partial charge in [0, 0.05) is 12.6 Å². The van der Waals surface area contributed by atoms with Gasteiger partial charge in [-0.2, -0.15) is 0 Å². The molecule has 0 aliphatic carbocycles. The SMILES string of the molecule is COc1ccc(CCNCC2CCCN2)cc1. The van der Waals surface area contributed by atoms with Gasteiger partial charge in [0.25, 0.3) is 0 Å². The fourth-order valence-electron chi connectivity index (χ4n) is 2.23. The van der Waals surface area contributed by atoms with Crippen molar-refractivity contribution in [2.75, 3.05) is 26.7 Å². The van der Waals surface area contributed by atoms with E-state index < -0.39 is 0 Å². The maximum atomic E-state index is 5.14. The minimum absolute atomic E-state index is 0.686. The largest absolute Gasteiger partial charge is 0.497 e. The lowest BCUT2D eigenvalue weighted by Gasteiger charge is -2.11.